The Morgan fingerprint density at radius 3 is 2.38 bits per heavy atom. The molecule has 0 aliphatic carbocycles. The summed E-state index contributed by atoms with van der Waals surface area (Å²) in [7, 11) is 0. The predicted octanol–water partition coefficient (Wildman–Crippen LogP) is 1.56. The second kappa shape index (κ2) is 6.35. The first-order valence-corrected chi connectivity index (χ1v) is 5.03. The fourth-order valence-electron chi connectivity index (χ4n) is 1.08. The second-order valence-corrected chi connectivity index (χ2v) is 3.60. The third-order valence-corrected chi connectivity index (χ3v) is 2.22. The van der Waals surface area contributed by atoms with Crippen LogP contribution in [0.15, 0.2) is 0 Å². The van der Waals surface area contributed by atoms with E-state index in [4.69, 9.17) is 15.2 Å². The number of nitrogens with two attached hydrogens (primary N) is 1. The molecule has 0 bridgehead atoms. The molecule has 2 N–H and O–H groups in total. The molecule has 0 aromatic carbocycles. The Bertz CT molecular complexity index is 124. The molecule has 0 aliphatic heterocycles. The van der Waals surface area contributed by atoms with E-state index in [1.54, 1.807) is 0 Å². The summed E-state index contributed by atoms with van der Waals surface area (Å²) < 4.78 is 11.1. The van der Waals surface area contributed by atoms with Gasteiger partial charge in [-0.05, 0) is 27.2 Å². The highest BCUT2D eigenvalue weighted by atomic mass is 16.5. The molecule has 0 saturated heterocycles. The first-order valence-electron chi connectivity index (χ1n) is 5.03. The van der Waals surface area contributed by atoms with Gasteiger partial charge in [-0.1, -0.05) is 6.92 Å². The van der Waals surface area contributed by atoms with E-state index in [9.17, 15) is 0 Å². The average molecular weight is 189 g/mol. The fourth-order valence-corrected chi connectivity index (χ4v) is 1.08. The lowest BCUT2D eigenvalue weighted by atomic mass is 10.0. The molecule has 0 saturated carbocycles. The van der Waals surface area contributed by atoms with Crippen molar-refractivity contribution in [1.29, 1.82) is 0 Å². The standard InChI is InChI=1S/C10H23NO2/c1-5-10(4,8-11)13-9(3)7-12-6-2/h9H,5-8,11H2,1-4H3. The van der Waals surface area contributed by atoms with E-state index in [2.05, 4.69) is 6.92 Å². The summed E-state index contributed by atoms with van der Waals surface area (Å²) in [6.07, 6.45) is 1.05. The Kier molecular flexibility index (Phi) is 6.29. The summed E-state index contributed by atoms with van der Waals surface area (Å²) in [5.41, 5.74) is 5.43. The van der Waals surface area contributed by atoms with Crippen LogP contribution in [0, 0.1) is 0 Å². The molecule has 3 nitrogen and oxygen atoms in total. The molecule has 0 heterocycles. The highest BCUT2D eigenvalue weighted by Gasteiger charge is 2.23. The maximum absolute atomic E-state index is 5.79. The van der Waals surface area contributed by atoms with Gasteiger partial charge in [0.25, 0.3) is 0 Å². The minimum absolute atomic E-state index is 0.119. The predicted molar refractivity (Wildman–Crippen MR) is 54.8 cm³/mol. The van der Waals surface area contributed by atoms with Gasteiger partial charge < -0.3 is 15.2 Å². The number of ether oxygens (including phenoxy) is 2. The van der Waals surface area contributed by atoms with Crippen molar-refractivity contribution in [1.82, 2.24) is 0 Å². The Morgan fingerprint density at radius 2 is 2.00 bits per heavy atom. The molecular weight excluding hydrogens is 166 g/mol. The van der Waals surface area contributed by atoms with Crippen LogP contribution < -0.4 is 5.73 Å². The van der Waals surface area contributed by atoms with Crippen LogP contribution in [-0.4, -0.2) is 31.5 Å². The van der Waals surface area contributed by atoms with Crippen LogP contribution in [0.4, 0.5) is 0 Å². The second-order valence-electron chi connectivity index (χ2n) is 3.60. The van der Waals surface area contributed by atoms with Gasteiger partial charge in [-0.3, -0.25) is 0 Å². The largest absolute Gasteiger partial charge is 0.379 e. The maximum Gasteiger partial charge on any atom is 0.0788 e. The molecule has 0 aliphatic rings. The summed E-state index contributed by atoms with van der Waals surface area (Å²) in [6, 6.07) is 0. The quantitative estimate of drug-likeness (QED) is 0.661. The summed E-state index contributed by atoms with van der Waals surface area (Å²) in [6.45, 7) is 10.1. The lowest BCUT2D eigenvalue weighted by Gasteiger charge is -2.30. The number of hydrogen-bond acceptors (Lipinski definition) is 3. The molecule has 0 rings (SSSR count). The van der Waals surface area contributed by atoms with Crippen LogP contribution in [0.3, 0.4) is 0 Å². The van der Waals surface area contributed by atoms with Crippen LogP contribution in [0.25, 0.3) is 0 Å². The number of hydrogen-bond donors (Lipinski definition) is 1. The third-order valence-electron chi connectivity index (χ3n) is 2.22. The van der Waals surface area contributed by atoms with E-state index in [-0.39, 0.29) is 11.7 Å². The fraction of sp³-hybridized carbons (Fsp3) is 1.00. The van der Waals surface area contributed by atoms with Gasteiger partial charge in [-0.25, -0.2) is 0 Å². The smallest absolute Gasteiger partial charge is 0.0788 e. The van der Waals surface area contributed by atoms with E-state index >= 15 is 0 Å². The molecule has 13 heavy (non-hydrogen) atoms. The SMILES string of the molecule is CCOCC(C)OC(C)(CC)CN. The topological polar surface area (TPSA) is 44.5 Å². The van der Waals surface area contributed by atoms with E-state index in [1.165, 1.54) is 0 Å². The van der Waals surface area contributed by atoms with Crippen molar-refractivity contribution < 1.29 is 9.47 Å². The first kappa shape index (κ1) is 12.9. The van der Waals surface area contributed by atoms with Gasteiger partial charge in [-0.15, -0.1) is 0 Å². The monoisotopic (exact) mass is 189 g/mol. The molecule has 3 heteroatoms. The summed E-state index contributed by atoms with van der Waals surface area (Å²) >= 11 is 0. The van der Waals surface area contributed by atoms with Gasteiger partial charge in [0, 0.05) is 13.2 Å². The van der Waals surface area contributed by atoms with E-state index in [0.29, 0.717) is 13.2 Å². The zero-order valence-electron chi connectivity index (χ0n) is 9.30. The lowest BCUT2D eigenvalue weighted by Crippen LogP contribution is -2.40. The Hall–Kier alpha value is -0.120. The average Bonchev–Trinajstić information content (AvgIpc) is 2.14. The Morgan fingerprint density at radius 1 is 1.38 bits per heavy atom. The molecule has 0 fully saturated rings. The minimum atomic E-state index is -0.198. The van der Waals surface area contributed by atoms with Gasteiger partial charge in [0.05, 0.1) is 18.3 Å². The molecular formula is C10H23NO2. The molecule has 2 unspecified atom stereocenters. The van der Waals surface area contributed by atoms with Crippen LogP contribution in [0.2, 0.25) is 0 Å². The number of rotatable bonds is 7. The lowest BCUT2D eigenvalue weighted by molar-refractivity contribution is -0.0982. The van der Waals surface area contributed by atoms with Crippen LogP contribution >= 0.6 is 0 Å². The molecule has 0 aromatic rings. The van der Waals surface area contributed by atoms with Gasteiger partial charge in [0.1, 0.15) is 0 Å². The van der Waals surface area contributed by atoms with Gasteiger partial charge in [-0.2, -0.15) is 0 Å². The van der Waals surface area contributed by atoms with E-state index in [0.717, 1.165) is 13.0 Å². The normalized spacial score (nSPS) is 18.2. The van der Waals surface area contributed by atoms with Crippen molar-refractivity contribution in [2.45, 2.75) is 45.8 Å². The molecule has 2 atom stereocenters. The Labute approximate surface area is 81.6 Å². The molecule has 0 radical (unpaired) electrons. The first-order chi connectivity index (χ1) is 6.08. The maximum atomic E-state index is 5.79. The molecule has 0 spiro atoms. The van der Waals surface area contributed by atoms with Crippen LogP contribution in [0.5, 0.6) is 0 Å². The summed E-state index contributed by atoms with van der Waals surface area (Å²) in [5, 5.41) is 0. The Balaban J connectivity index is 3.79. The summed E-state index contributed by atoms with van der Waals surface area (Å²) in [4.78, 5) is 0. The van der Waals surface area contributed by atoms with E-state index in [1.807, 2.05) is 20.8 Å². The van der Waals surface area contributed by atoms with Gasteiger partial charge in [0.15, 0.2) is 0 Å². The van der Waals surface area contributed by atoms with Crippen molar-refractivity contribution in [2.75, 3.05) is 19.8 Å². The molecule has 80 valence electrons. The van der Waals surface area contributed by atoms with Gasteiger partial charge in [0.2, 0.25) is 0 Å². The van der Waals surface area contributed by atoms with Crippen molar-refractivity contribution in [2.24, 2.45) is 5.73 Å². The molecule has 0 aromatic heterocycles. The summed E-state index contributed by atoms with van der Waals surface area (Å²) in [5.74, 6) is 0. The minimum Gasteiger partial charge on any atom is -0.379 e. The van der Waals surface area contributed by atoms with Crippen molar-refractivity contribution in [3.63, 3.8) is 0 Å². The van der Waals surface area contributed by atoms with Gasteiger partial charge >= 0.3 is 0 Å². The van der Waals surface area contributed by atoms with Crippen molar-refractivity contribution >= 4 is 0 Å². The zero-order chi connectivity index (χ0) is 10.3. The zero-order valence-corrected chi connectivity index (χ0v) is 9.30. The van der Waals surface area contributed by atoms with Crippen molar-refractivity contribution in [3.8, 4) is 0 Å². The highest BCUT2D eigenvalue weighted by molar-refractivity contribution is 4.75. The van der Waals surface area contributed by atoms with E-state index < -0.39 is 0 Å². The third kappa shape index (κ3) is 5.24. The van der Waals surface area contributed by atoms with Crippen LogP contribution in [-0.2, 0) is 9.47 Å². The molecule has 0 amide bonds. The van der Waals surface area contributed by atoms with Crippen LogP contribution in [0.1, 0.15) is 34.1 Å². The highest BCUT2D eigenvalue weighted by Crippen LogP contribution is 2.15. The van der Waals surface area contributed by atoms with Crippen molar-refractivity contribution in [3.05, 3.63) is 0 Å².